The number of nitrogens with zero attached hydrogens (tertiary/aromatic N) is 11. The van der Waals surface area contributed by atoms with Gasteiger partial charge in [-0.2, -0.15) is 5.21 Å². The van der Waals surface area contributed by atoms with Crippen molar-refractivity contribution in [3.63, 3.8) is 0 Å². The summed E-state index contributed by atoms with van der Waals surface area (Å²) >= 11 is 0. The number of aryl methyl sites for hydroxylation is 5. The summed E-state index contributed by atoms with van der Waals surface area (Å²) in [6.45, 7) is 13.4. The van der Waals surface area contributed by atoms with Crippen LogP contribution in [0.1, 0.15) is 133 Å². The van der Waals surface area contributed by atoms with Crippen molar-refractivity contribution < 1.29 is 46.9 Å². The number of rotatable bonds is 20. The maximum absolute atomic E-state index is 13.5. The molecule has 0 amide bonds. The van der Waals surface area contributed by atoms with Crippen molar-refractivity contribution in [1.29, 1.82) is 0 Å². The lowest BCUT2D eigenvalue weighted by molar-refractivity contribution is 0.0391. The van der Waals surface area contributed by atoms with Crippen LogP contribution in [0.4, 0.5) is 0 Å². The van der Waals surface area contributed by atoms with E-state index in [2.05, 4.69) is 46.1 Å². The molecule has 24 heteroatoms. The number of aliphatic hydroxyl groups is 2. The van der Waals surface area contributed by atoms with E-state index >= 15 is 0 Å². The predicted octanol–water partition coefficient (Wildman–Crippen LogP) is 8.35. The first-order chi connectivity index (χ1) is 39.7. The number of ether oxygens (including phenoxy) is 2. The van der Waals surface area contributed by atoms with Crippen LogP contribution < -0.4 is 11.6 Å². The average Bonchev–Trinajstić information content (AvgIpc) is 3.27. The quantitative estimate of drug-likeness (QED) is 0.0603. The summed E-state index contributed by atoms with van der Waals surface area (Å²) in [5, 5.41) is 48.1. The number of hydrogen-bond donors (Lipinski definition) is 3. The Morgan fingerprint density at radius 3 is 1.41 bits per heavy atom. The molecule has 0 unspecified atom stereocenters. The van der Waals surface area contributed by atoms with Crippen LogP contribution in [0.25, 0.3) is 45.0 Å². The molecule has 0 aliphatic rings. The van der Waals surface area contributed by atoms with Gasteiger partial charge < -0.3 is 46.5 Å². The van der Waals surface area contributed by atoms with Crippen LogP contribution in [0, 0.1) is 13.8 Å². The Morgan fingerprint density at radius 2 is 1.04 bits per heavy atom. The Hall–Kier alpha value is -9.68. The zero-order chi connectivity index (χ0) is 59.2. The van der Waals surface area contributed by atoms with Crippen molar-refractivity contribution in [3.05, 3.63) is 187 Å². The van der Waals surface area contributed by atoms with E-state index in [1.807, 2.05) is 111 Å². The predicted molar refractivity (Wildman–Crippen MR) is 298 cm³/mol. The fourth-order valence-electron chi connectivity index (χ4n) is 9.38. The number of aromatic amines is 1. The van der Waals surface area contributed by atoms with Crippen molar-refractivity contribution in [3.8, 4) is 45.0 Å². The molecular weight excluding hydrogens is 1070 g/mol. The van der Waals surface area contributed by atoms with Crippen LogP contribution in [0.2, 0.25) is 0 Å². The minimum Gasteiger partial charge on any atom is -0.453 e. The first-order valence-corrected chi connectivity index (χ1v) is 26.7. The third-order valence-corrected chi connectivity index (χ3v) is 13.4. The highest BCUT2D eigenvalue weighted by molar-refractivity contribution is 5.90. The molecule has 0 bridgehead atoms. The number of carbonyl (C=O) groups is 2. The maximum Gasteiger partial charge on any atom is 0.519 e. The fourth-order valence-corrected chi connectivity index (χ4v) is 9.38. The molecular formula is C59H62N12O12. The number of carbonyl (C=O) groups excluding carboxylic acids is 2. The Kier molecular flexibility index (Phi) is 17.2. The summed E-state index contributed by atoms with van der Waals surface area (Å²) in [6, 6.07) is 31.6. The third kappa shape index (κ3) is 13.1. The lowest BCUT2D eigenvalue weighted by atomic mass is 9.98. The lowest BCUT2D eigenvalue weighted by Gasteiger charge is -2.18. The highest BCUT2D eigenvalue weighted by atomic mass is 16.6. The smallest absolute Gasteiger partial charge is 0.453 e. The molecule has 0 spiro atoms. The zero-order valence-corrected chi connectivity index (χ0v) is 47.3. The largest absolute Gasteiger partial charge is 0.519 e. The van der Waals surface area contributed by atoms with Gasteiger partial charge in [0.05, 0.1) is 0 Å². The molecule has 0 atom stereocenters. The monoisotopic (exact) mass is 1130 g/mol. The van der Waals surface area contributed by atoms with Crippen molar-refractivity contribution in [1.82, 2.24) is 59.9 Å². The molecule has 4 aromatic carbocycles. The molecule has 0 aliphatic heterocycles. The van der Waals surface area contributed by atoms with Gasteiger partial charge in [0.1, 0.15) is 34.2 Å². The Balaban J connectivity index is 0.000000200. The van der Waals surface area contributed by atoms with Crippen LogP contribution in [0.5, 0.6) is 0 Å². The van der Waals surface area contributed by atoms with E-state index in [9.17, 15) is 29.4 Å². The number of imidazole rings is 2. The van der Waals surface area contributed by atoms with Gasteiger partial charge in [-0.15, -0.1) is 15.3 Å². The number of aromatic nitrogens is 12. The standard InChI is InChI=1S/C30H32N6O6.C29H30N6O6/c1-6-9-24-31-26(30(3,4)39)25(28(37)40-17-23-18(2)41-29(38)42-23)36(24)16-19-12-14-20(15-13-19)21-10-7-8-11-22(21)27-32-33-34-35(27)5;1-5-8-23-30-25(29(3,4)38)24(27(36)39-16-22-17(2)40-28(37)41-22)35(23)15-18-11-13-19(14-12-18)20-9-6-7-10-21(20)26-31-33-34-32-26/h7-8,10-15,39H,6,9,16-17H2,1-5H3;6-7,9-14,38H,5,8,15-16H2,1-4H3,(H,31,32,33,34). The molecule has 6 aromatic heterocycles. The fraction of sp³-hybridized carbons (Fsp3) is 0.322. The molecule has 0 aliphatic carbocycles. The van der Waals surface area contributed by atoms with Gasteiger partial charge in [-0.3, -0.25) is 0 Å². The molecule has 0 saturated carbocycles. The maximum atomic E-state index is 13.5. The summed E-state index contributed by atoms with van der Waals surface area (Å²) in [4.78, 5) is 59.1. The van der Waals surface area contributed by atoms with Gasteiger partial charge >= 0.3 is 23.6 Å². The summed E-state index contributed by atoms with van der Waals surface area (Å²) in [6.07, 6.45) is 2.73. The summed E-state index contributed by atoms with van der Waals surface area (Å²) < 4.78 is 35.9. The van der Waals surface area contributed by atoms with Crippen LogP contribution in [0.3, 0.4) is 0 Å². The summed E-state index contributed by atoms with van der Waals surface area (Å²) in [5.74, 6) is -0.00120. The van der Waals surface area contributed by atoms with E-state index in [1.54, 1.807) is 62.4 Å². The number of tetrazole rings is 2. The van der Waals surface area contributed by atoms with Gasteiger partial charge in [0, 0.05) is 44.1 Å². The average molecular weight is 1130 g/mol. The minimum absolute atomic E-state index is 0.115. The van der Waals surface area contributed by atoms with E-state index in [1.165, 1.54) is 0 Å². The second-order valence-corrected chi connectivity index (χ2v) is 20.6. The van der Waals surface area contributed by atoms with Gasteiger partial charge in [-0.05, 0) is 103 Å². The van der Waals surface area contributed by atoms with Crippen molar-refractivity contribution in [2.24, 2.45) is 7.05 Å². The molecule has 3 N–H and O–H groups in total. The first kappa shape index (κ1) is 58.0. The highest BCUT2D eigenvalue weighted by Gasteiger charge is 2.35. The van der Waals surface area contributed by atoms with Gasteiger partial charge in [-0.1, -0.05) is 111 Å². The van der Waals surface area contributed by atoms with Crippen molar-refractivity contribution in [2.75, 3.05) is 0 Å². The van der Waals surface area contributed by atoms with E-state index < -0.39 is 34.8 Å². The second kappa shape index (κ2) is 24.6. The van der Waals surface area contributed by atoms with Crippen LogP contribution in [0.15, 0.2) is 124 Å². The van der Waals surface area contributed by atoms with Crippen molar-refractivity contribution >= 4 is 11.9 Å². The van der Waals surface area contributed by atoms with Crippen LogP contribution in [-0.4, -0.2) is 82.1 Å². The number of hydrogen-bond acceptors (Lipinski definition) is 20. The van der Waals surface area contributed by atoms with E-state index in [0.29, 0.717) is 49.2 Å². The molecule has 10 aromatic rings. The summed E-state index contributed by atoms with van der Waals surface area (Å²) in [5.41, 5.74) is 5.31. The molecule has 430 valence electrons. The number of esters is 2. The van der Waals surface area contributed by atoms with E-state index in [-0.39, 0.29) is 59.0 Å². The Labute approximate surface area is 474 Å². The first-order valence-electron chi connectivity index (χ1n) is 26.7. The molecule has 24 nitrogen and oxygen atoms in total. The summed E-state index contributed by atoms with van der Waals surface area (Å²) in [7, 11) is 1.80. The number of H-pyrrole nitrogens is 1. The van der Waals surface area contributed by atoms with E-state index in [0.717, 1.165) is 57.3 Å². The number of benzene rings is 4. The lowest BCUT2D eigenvalue weighted by Crippen LogP contribution is -2.23. The van der Waals surface area contributed by atoms with Gasteiger partial charge in [0.2, 0.25) is 5.82 Å². The minimum atomic E-state index is -1.41. The Bertz CT molecular complexity index is 4000. The number of nitrogens with one attached hydrogen (secondary N) is 1. The van der Waals surface area contributed by atoms with Crippen LogP contribution >= 0.6 is 0 Å². The zero-order valence-electron chi connectivity index (χ0n) is 47.3. The second-order valence-electron chi connectivity index (χ2n) is 20.6. The van der Waals surface area contributed by atoms with Crippen molar-refractivity contribution in [2.45, 2.75) is 119 Å². The topological polar surface area (TPSA) is 313 Å². The molecule has 10 rings (SSSR count). The Morgan fingerprint density at radius 1 is 0.602 bits per heavy atom. The van der Waals surface area contributed by atoms with Gasteiger partial charge in [0.25, 0.3) is 0 Å². The van der Waals surface area contributed by atoms with Gasteiger partial charge in [-0.25, -0.2) is 33.8 Å². The van der Waals surface area contributed by atoms with Gasteiger partial charge in [0.15, 0.2) is 53.5 Å². The normalized spacial score (nSPS) is 11.7. The molecule has 6 heterocycles. The SMILES string of the molecule is CCCc1nc(C(C)(C)O)c(C(=O)OCc2oc(=O)oc2C)n1Cc1ccc(-c2ccccc2-c2nn[nH]n2)cc1.CCCc1nc(C(C)(C)O)c(C(=O)OCc2oc(=O)oc2C)n1Cc1ccc(-c2ccccc2-c2nnnn2C)cc1. The highest BCUT2D eigenvalue weighted by Crippen LogP contribution is 2.34. The van der Waals surface area contributed by atoms with Crippen LogP contribution in [-0.2, 0) is 66.9 Å². The molecule has 83 heavy (non-hydrogen) atoms. The molecule has 0 saturated heterocycles. The molecule has 0 radical (unpaired) electrons. The third-order valence-electron chi connectivity index (χ3n) is 13.4. The molecule has 0 fully saturated rings. The van der Waals surface area contributed by atoms with E-state index in [4.69, 9.17) is 27.1 Å².